The lowest BCUT2D eigenvalue weighted by Gasteiger charge is -2.60. The highest BCUT2D eigenvalue weighted by molar-refractivity contribution is 5.92. The second kappa shape index (κ2) is 6.27. The Kier molecular flexibility index (Phi) is 4.45. The maximum absolute atomic E-state index is 12.8. The summed E-state index contributed by atoms with van der Waals surface area (Å²) in [4.78, 5) is 36.8. The van der Waals surface area contributed by atoms with Crippen LogP contribution in [-0.2, 0) is 19.1 Å². The number of fused-ring (bicyclic) bond motifs is 5. The Morgan fingerprint density at radius 1 is 1.07 bits per heavy atom. The molecule has 0 aliphatic heterocycles. The summed E-state index contributed by atoms with van der Waals surface area (Å²) in [5.74, 6) is 1.82. The first kappa shape index (κ1) is 19.8. The predicted molar refractivity (Wildman–Crippen MR) is 106 cm³/mol. The summed E-state index contributed by atoms with van der Waals surface area (Å²) in [6, 6.07) is 0. The first-order chi connectivity index (χ1) is 13.0. The lowest BCUT2D eigenvalue weighted by atomic mass is 9.44. The lowest BCUT2D eigenvalue weighted by Crippen LogP contribution is -2.59. The molecule has 0 bridgehead atoms. The Bertz CT molecular complexity index is 767. The molecule has 3 saturated carbocycles. The van der Waals surface area contributed by atoms with Crippen molar-refractivity contribution in [3.8, 4) is 0 Å². The van der Waals surface area contributed by atoms with E-state index in [2.05, 4.69) is 20.8 Å². The summed E-state index contributed by atoms with van der Waals surface area (Å²) < 4.78 is 5.84. The predicted octanol–water partition coefficient (Wildman–Crippen LogP) is 4.66. The van der Waals surface area contributed by atoms with Gasteiger partial charge in [-0.3, -0.25) is 14.4 Å². The first-order valence-corrected chi connectivity index (χ1v) is 11.0. The number of carbonyl (C=O) groups excluding carboxylic acids is 3. The van der Waals surface area contributed by atoms with Gasteiger partial charge in [-0.2, -0.15) is 0 Å². The molecule has 4 nitrogen and oxygen atoms in total. The van der Waals surface area contributed by atoms with Crippen molar-refractivity contribution in [1.29, 1.82) is 0 Å². The third kappa shape index (κ3) is 2.45. The first-order valence-electron chi connectivity index (χ1n) is 11.0. The van der Waals surface area contributed by atoms with Crippen molar-refractivity contribution >= 4 is 17.5 Å². The van der Waals surface area contributed by atoms with E-state index in [0.717, 1.165) is 32.1 Å². The minimum absolute atomic E-state index is 0.00469. The molecule has 0 aromatic heterocycles. The molecule has 0 spiro atoms. The highest BCUT2D eigenvalue weighted by Gasteiger charge is 2.68. The Balaban J connectivity index is 1.73. The van der Waals surface area contributed by atoms with Crippen LogP contribution in [0, 0.1) is 34.5 Å². The molecule has 4 rings (SSSR count). The second-order valence-electron chi connectivity index (χ2n) is 10.5. The van der Waals surface area contributed by atoms with Gasteiger partial charge in [0.05, 0.1) is 0 Å². The Morgan fingerprint density at radius 2 is 1.75 bits per heavy atom. The van der Waals surface area contributed by atoms with Crippen molar-refractivity contribution in [2.24, 2.45) is 34.5 Å². The van der Waals surface area contributed by atoms with Crippen LogP contribution in [0.4, 0.5) is 0 Å². The van der Waals surface area contributed by atoms with E-state index in [-0.39, 0.29) is 28.4 Å². The monoisotopic (exact) mass is 386 g/mol. The van der Waals surface area contributed by atoms with Crippen LogP contribution in [0.2, 0.25) is 0 Å². The molecule has 0 amide bonds. The molecule has 7 atom stereocenters. The van der Waals surface area contributed by atoms with Crippen LogP contribution < -0.4 is 0 Å². The van der Waals surface area contributed by atoms with Crippen LogP contribution in [-0.4, -0.2) is 23.1 Å². The molecule has 0 radical (unpaired) electrons. The summed E-state index contributed by atoms with van der Waals surface area (Å²) in [6.07, 6.45) is 8.19. The third-order valence-electron chi connectivity index (χ3n) is 9.29. The van der Waals surface area contributed by atoms with Gasteiger partial charge in [-0.25, -0.2) is 0 Å². The fraction of sp³-hybridized carbons (Fsp3) is 0.792. The molecule has 0 saturated heterocycles. The van der Waals surface area contributed by atoms with Crippen LogP contribution in [0.25, 0.3) is 0 Å². The van der Waals surface area contributed by atoms with Crippen molar-refractivity contribution in [2.75, 3.05) is 0 Å². The number of rotatable bonds is 2. The van der Waals surface area contributed by atoms with Gasteiger partial charge in [0.15, 0.2) is 17.2 Å². The van der Waals surface area contributed by atoms with Crippen molar-refractivity contribution < 1.29 is 19.1 Å². The number of Topliss-reactive ketones (excluding diaryl/α,β-unsaturated/α-hetero) is 1. The largest absolute Gasteiger partial charge is 0.451 e. The van der Waals surface area contributed by atoms with E-state index in [9.17, 15) is 14.4 Å². The number of ether oxygens (including phenoxy) is 1. The molecule has 154 valence electrons. The van der Waals surface area contributed by atoms with E-state index in [1.807, 2.05) is 6.08 Å². The van der Waals surface area contributed by atoms with Gasteiger partial charge in [-0.1, -0.05) is 26.3 Å². The van der Waals surface area contributed by atoms with E-state index in [1.54, 1.807) is 6.92 Å². The number of allylic oxidation sites excluding steroid dienone is 1. The topological polar surface area (TPSA) is 60.4 Å². The number of ketones is 2. The van der Waals surface area contributed by atoms with E-state index >= 15 is 0 Å². The van der Waals surface area contributed by atoms with Crippen molar-refractivity contribution in [1.82, 2.24) is 0 Å². The third-order valence-corrected chi connectivity index (χ3v) is 9.29. The molecular weight excluding hydrogens is 352 g/mol. The summed E-state index contributed by atoms with van der Waals surface area (Å²) in [6.45, 7) is 9.87. The maximum Gasteiger partial charge on any atom is 0.303 e. The summed E-state index contributed by atoms with van der Waals surface area (Å²) in [5.41, 5.74) is 0.218. The van der Waals surface area contributed by atoms with Gasteiger partial charge >= 0.3 is 5.97 Å². The number of esters is 1. The number of hydrogen-bond acceptors (Lipinski definition) is 4. The zero-order chi connectivity index (χ0) is 20.5. The maximum atomic E-state index is 12.8. The highest BCUT2D eigenvalue weighted by atomic mass is 16.6. The fourth-order valence-electron chi connectivity index (χ4n) is 8.05. The molecule has 3 fully saturated rings. The summed E-state index contributed by atoms with van der Waals surface area (Å²) in [7, 11) is 0. The van der Waals surface area contributed by atoms with Gasteiger partial charge < -0.3 is 4.74 Å². The van der Waals surface area contributed by atoms with Gasteiger partial charge in [-0.05, 0) is 80.6 Å². The van der Waals surface area contributed by atoms with Crippen LogP contribution >= 0.6 is 0 Å². The quantitative estimate of drug-likeness (QED) is 0.648. The van der Waals surface area contributed by atoms with Gasteiger partial charge in [-0.15, -0.1) is 0 Å². The van der Waals surface area contributed by atoms with Gasteiger partial charge in [0.2, 0.25) is 0 Å². The Labute approximate surface area is 168 Å². The Morgan fingerprint density at radius 3 is 2.39 bits per heavy atom. The molecule has 28 heavy (non-hydrogen) atoms. The number of carbonyl (C=O) groups is 3. The molecule has 4 aliphatic rings. The normalized spacial score (nSPS) is 47.5. The molecule has 4 heteroatoms. The van der Waals surface area contributed by atoms with E-state index in [4.69, 9.17) is 4.74 Å². The van der Waals surface area contributed by atoms with E-state index < -0.39 is 5.60 Å². The molecule has 0 aromatic carbocycles. The van der Waals surface area contributed by atoms with Crippen LogP contribution in [0.15, 0.2) is 11.6 Å². The lowest BCUT2D eigenvalue weighted by molar-refractivity contribution is -0.187. The molecule has 0 heterocycles. The molecular formula is C24H34O4. The SMILES string of the molecule is CC(=O)O[C@]1(C(C)=O)CCC2C3CC(C)C4=CC(=O)CCC4(C)C3CCC21C. The van der Waals surface area contributed by atoms with Crippen molar-refractivity contribution in [3.63, 3.8) is 0 Å². The second-order valence-corrected chi connectivity index (χ2v) is 10.5. The fourth-order valence-corrected chi connectivity index (χ4v) is 8.05. The van der Waals surface area contributed by atoms with E-state index in [1.165, 1.54) is 12.5 Å². The molecule has 6 unspecified atom stereocenters. The zero-order valence-corrected chi connectivity index (χ0v) is 18.0. The van der Waals surface area contributed by atoms with Crippen LogP contribution in [0.3, 0.4) is 0 Å². The molecule has 0 N–H and O–H groups in total. The molecule has 4 aliphatic carbocycles. The molecule has 0 aromatic rings. The van der Waals surface area contributed by atoms with Gasteiger partial charge in [0.25, 0.3) is 0 Å². The summed E-state index contributed by atoms with van der Waals surface area (Å²) in [5, 5.41) is 0. The highest BCUT2D eigenvalue weighted by Crippen LogP contribution is 2.69. The average Bonchev–Trinajstić information content (AvgIpc) is 2.90. The van der Waals surface area contributed by atoms with Crippen molar-refractivity contribution in [2.45, 2.75) is 85.2 Å². The van der Waals surface area contributed by atoms with Crippen LogP contribution in [0.1, 0.15) is 79.6 Å². The van der Waals surface area contributed by atoms with E-state index in [0.29, 0.717) is 36.5 Å². The zero-order valence-electron chi connectivity index (χ0n) is 18.0. The van der Waals surface area contributed by atoms with Crippen molar-refractivity contribution in [3.05, 3.63) is 11.6 Å². The van der Waals surface area contributed by atoms with Crippen LogP contribution in [0.5, 0.6) is 0 Å². The smallest absolute Gasteiger partial charge is 0.303 e. The number of hydrogen-bond donors (Lipinski definition) is 0. The standard InChI is InChI=1S/C24H34O4/c1-14-12-18-19(22(4)9-6-17(27)13-21(14)22)7-10-23(5)20(18)8-11-24(23,15(2)25)28-16(3)26/h13-14,18-20H,6-12H2,1-5H3/t14?,18?,19?,20?,22?,23?,24-/m0/s1. The Hall–Kier alpha value is -1.45. The minimum Gasteiger partial charge on any atom is -0.451 e. The van der Waals surface area contributed by atoms with Gasteiger partial charge in [0.1, 0.15) is 0 Å². The summed E-state index contributed by atoms with van der Waals surface area (Å²) >= 11 is 0. The average molecular weight is 387 g/mol. The minimum atomic E-state index is -0.961. The van der Waals surface area contributed by atoms with Gasteiger partial charge in [0, 0.05) is 18.8 Å².